The lowest BCUT2D eigenvalue weighted by atomic mass is 10.1. The van der Waals surface area contributed by atoms with Crippen molar-refractivity contribution < 1.29 is 19.2 Å². The predicted molar refractivity (Wildman–Crippen MR) is 84.5 cm³/mol. The zero-order valence-corrected chi connectivity index (χ0v) is 13.4. The molecule has 1 fully saturated rings. The number of nitro benzene ring substituents is 1. The van der Waals surface area contributed by atoms with Gasteiger partial charge in [-0.2, -0.15) is 0 Å². The van der Waals surface area contributed by atoms with Gasteiger partial charge in [-0.1, -0.05) is 0 Å². The summed E-state index contributed by atoms with van der Waals surface area (Å²) in [7, 11) is 0. The number of anilines is 1. The van der Waals surface area contributed by atoms with Crippen LogP contribution >= 0.6 is 0 Å². The van der Waals surface area contributed by atoms with E-state index in [1.807, 2.05) is 0 Å². The quantitative estimate of drug-likeness (QED) is 0.654. The Morgan fingerprint density at radius 3 is 2.78 bits per heavy atom. The van der Waals surface area contributed by atoms with Crippen LogP contribution in [0.15, 0.2) is 18.2 Å². The van der Waals surface area contributed by atoms with Gasteiger partial charge in [0.2, 0.25) is 0 Å². The number of nitrogens with zero attached hydrogens (tertiary/aromatic N) is 1. The van der Waals surface area contributed by atoms with Crippen LogP contribution in [0.4, 0.5) is 16.2 Å². The molecule has 0 radical (unpaired) electrons. The first-order valence-electron chi connectivity index (χ1n) is 7.37. The number of hydrogen-bond acceptors (Lipinski definition) is 6. The Bertz CT molecular complexity index is 591. The molecule has 1 aromatic carbocycles. The van der Waals surface area contributed by atoms with Crippen LogP contribution in [0.25, 0.3) is 0 Å². The summed E-state index contributed by atoms with van der Waals surface area (Å²) in [5.41, 5.74) is -0.0273. The van der Waals surface area contributed by atoms with Gasteiger partial charge in [0, 0.05) is 19.2 Å². The summed E-state index contributed by atoms with van der Waals surface area (Å²) in [5, 5.41) is 16.8. The van der Waals surface area contributed by atoms with Gasteiger partial charge in [0.1, 0.15) is 11.3 Å². The Morgan fingerprint density at radius 2 is 2.22 bits per heavy atom. The van der Waals surface area contributed by atoms with Crippen LogP contribution in [0, 0.1) is 10.1 Å². The molecule has 1 atom stereocenters. The van der Waals surface area contributed by atoms with Crippen molar-refractivity contribution in [2.45, 2.75) is 32.5 Å². The molecule has 1 aliphatic heterocycles. The van der Waals surface area contributed by atoms with Crippen molar-refractivity contribution in [3.63, 3.8) is 0 Å². The monoisotopic (exact) mass is 323 g/mol. The molecule has 8 heteroatoms. The number of rotatable bonds is 3. The lowest BCUT2D eigenvalue weighted by Crippen LogP contribution is -2.33. The summed E-state index contributed by atoms with van der Waals surface area (Å²) in [6, 6.07) is 4.55. The number of benzene rings is 1. The second kappa shape index (κ2) is 6.93. The molecule has 0 saturated carbocycles. The summed E-state index contributed by atoms with van der Waals surface area (Å²) in [5.74, 6) is 0. The fraction of sp³-hybridized carbons (Fsp3) is 0.533. The van der Waals surface area contributed by atoms with Gasteiger partial charge in [0.25, 0.3) is 5.69 Å². The largest absolute Gasteiger partial charge is 0.444 e. The van der Waals surface area contributed by atoms with Gasteiger partial charge in [-0.3, -0.25) is 15.4 Å². The molecule has 23 heavy (non-hydrogen) atoms. The first kappa shape index (κ1) is 17.2. The first-order chi connectivity index (χ1) is 10.8. The average Bonchev–Trinajstić information content (AvgIpc) is 2.45. The average molecular weight is 323 g/mol. The van der Waals surface area contributed by atoms with Gasteiger partial charge in [0.05, 0.1) is 17.6 Å². The Hall–Kier alpha value is -2.19. The molecule has 1 amide bonds. The van der Waals surface area contributed by atoms with Gasteiger partial charge in [0.15, 0.2) is 0 Å². The maximum absolute atomic E-state index is 11.9. The van der Waals surface area contributed by atoms with Crippen molar-refractivity contribution in [2.24, 2.45) is 0 Å². The molecule has 1 unspecified atom stereocenters. The number of ether oxygens (including phenoxy) is 2. The molecular formula is C15H21N3O5. The Labute approximate surface area is 134 Å². The second-order valence-electron chi connectivity index (χ2n) is 6.22. The van der Waals surface area contributed by atoms with Gasteiger partial charge >= 0.3 is 6.09 Å². The van der Waals surface area contributed by atoms with Crippen molar-refractivity contribution in [1.82, 2.24) is 5.32 Å². The van der Waals surface area contributed by atoms with Gasteiger partial charge in [-0.05, 0) is 38.5 Å². The molecule has 2 N–H and O–H groups in total. The van der Waals surface area contributed by atoms with Crippen LogP contribution in [0.3, 0.4) is 0 Å². The zero-order valence-electron chi connectivity index (χ0n) is 13.4. The van der Waals surface area contributed by atoms with E-state index in [4.69, 9.17) is 9.47 Å². The molecule has 1 saturated heterocycles. The summed E-state index contributed by atoms with van der Waals surface area (Å²) in [6.45, 7) is 7.11. The van der Waals surface area contributed by atoms with Crippen LogP contribution < -0.4 is 10.6 Å². The number of nitrogens with one attached hydrogen (secondary N) is 2. The van der Waals surface area contributed by atoms with E-state index in [0.29, 0.717) is 13.2 Å². The Kier molecular flexibility index (Phi) is 5.17. The Morgan fingerprint density at radius 1 is 1.48 bits per heavy atom. The van der Waals surface area contributed by atoms with Crippen molar-refractivity contribution in [3.8, 4) is 0 Å². The maximum atomic E-state index is 11.9. The third-order valence-electron chi connectivity index (χ3n) is 3.15. The van der Waals surface area contributed by atoms with E-state index < -0.39 is 16.6 Å². The smallest absolute Gasteiger partial charge is 0.412 e. The van der Waals surface area contributed by atoms with E-state index in [1.165, 1.54) is 6.07 Å². The first-order valence-corrected chi connectivity index (χ1v) is 7.37. The molecule has 2 rings (SSSR count). The van der Waals surface area contributed by atoms with E-state index >= 15 is 0 Å². The third-order valence-corrected chi connectivity index (χ3v) is 3.15. The predicted octanol–water partition coefficient (Wildman–Crippen LogP) is 2.60. The molecular weight excluding hydrogens is 302 g/mol. The number of amides is 1. The van der Waals surface area contributed by atoms with Crippen LogP contribution in [0.5, 0.6) is 0 Å². The molecule has 0 bridgehead atoms. The summed E-state index contributed by atoms with van der Waals surface area (Å²) < 4.78 is 10.8. The molecule has 0 spiro atoms. The number of carbonyl (C=O) groups is 1. The molecule has 1 heterocycles. The van der Waals surface area contributed by atoms with E-state index in [9.17, 15) is 14.9 Å². The highest BCUT2D eigenvalue weighted by atomic mass is 16.6. The fourth-order valence-electron chi connectivity index (χ4n) is 2.21. The minimum absolute atomic E-state index is 0.0934. The van der Waals surface area contributed by atoms with E-state index in [0.717, 1.165) is 12.1 Å². The highest BCUT2D eigenvalue weighted by Gasteiger charge is 2.23. The fourth-order valence-corrected chi connectivity index (χ4v) is 2.21. The minimum atomic E-state index is -0.736. The number of hydrogen-bond donors (Lipinski definition) is 2. The zero-order chi connectivity index (χ0) is 17.0. The van der Waals surface area contributed by atoms with Gasteiger partial charge < -0.3 is 14.8 Å². The SMILES string of the molecule is CC(C)(C)OC(=O)Nc1cc(C2CNCCO2)ccc1[N+](=O)[O-]. The molecule has 0 aromatic heterocycles. The van der Waals surface area contributed by atoms with Crippen LogP contribution in [0.2, 0.25) is 0 Å². The minimum Gasteiger partial charge on any atom is -0.444 e. The van der Waals surface area contributed by atoms with E-state index in [1.54, 1.807) is 32.9 Å². The molecule has 1 aliphatic rings. The summed E-state index contributed by atoms with van der Waals surface area (Å²) in [4.78, 5) is 22.5. The van der Waals surface area contributed by atoms with Crippen LogP contribution in [0.1, 0.15) is 32.4 Å². The lowest BCUT2D eigenvalue weighted by Gasteiger charge is -2.24. The highest BCUT2D eigenvalue weighted by molar-refractivity contribution is 5.88. The summed E-state index contributed by atoms with van der Waals surface area (Å²) in [6.07, 6.45) is -0.941. The molecule has 8 nitrogen and oxygen atoms in total. The van der Waals surface area contributed by atoms with Crippen molar-refractivity contribution in [2.75, 3.05) is 25.0 Å². The lowest BCUT2D eigenvalue weighted by molar-refractivity contribution is -0.383. The Balaban J connectivity index is 2.23. The highest BCUT2D eigenvalue weighted by Crippen LogP contribution is 2.30. The maximum Gasteiger partial charge on any atom is 0.412 e. The van der Waals surface area contributed by atoms with Crippen LogP contribution in [-0.2, 0) is 9.47 Å². The molecule has 1 aromatic rings. The van der Waals surface area contributed by atoms with E-state index in [-0.39, 0.29) is 17.5 Å². The number of nitro groups is 1. The third kappa shape index (κ3) is 4.90. The normalized spacial score (nSPS) is 18.3. The second-order valence-corrected chi connectivity index (χ2v) is 6.22. The van der Waals surface area contributed by atoms with Crippen LogP contribution in [-0.4, -0.2) is 36.3 Å². The topological polar surface area (TPSA) is 103 Å². The van der Waals surface area contributed by atoms with Crippen molar-refractivity contribution >= 4 is 17.5 Å². The number of morpholine rings is 1. The van der Waals surface area contributed by atoms with Crippen molar-refractivity contribution in [3.05, 3.63) is 33.9 Å². The van der Waals surface area contributed by atoms with Gasteiger partial charge in [-0.25, -0.2) is 4.79 Å². The summed E-state index contributed by atoms with van der Waals surface area (Å²) >= 11 is 0. The number of carbonyl (C=O) groups excluding carboxylic acids is 1. The van der Waals surface area contributed by atoms with Gasteiger partial charge in [-0.15, -0.1) is 0 Å². The van der Waals surface area contributed by atoms with Crippen molar-refractivity contribution in [1.29, 1.82) is 0 Å². The van der Waals surface area contributed by atoms with E-state index in [2.05, 4.69) is 10.6 Å². The molecule has 0 aliphatic carbocycles. The standard InChI is InChI=1S/C15H21N3O5/c1-15(2,3)23-14(19)17-11-8-10(4-5-12(11)18(20)21)13-9-16-6-7-22-13/h4-5,8,13,16H,6-7,9H2,1-3H3,(H,17,19). The molecule has 126 valence electrons.